The van der Waals surface area contributed by atoms with Crippen molar-refractivity contribution in [1.29, 1.82) is 0 Å². The van der Waals surface area contributed by atoms with E-state index in [1.54, 1.807) is 6.20 Å². The van der Waals surface area contributed by atoms with Crippen LogP contribution in [0.2, 0.25) is 0 Å². The standard InChI is InChI=1S/C11H16N4/c12-11(15-10-4-5-10)14-8-6-9-3-1-2-7-13-9/h1-3,7,10H,4-6,8H2,(H3,12,14,15). The van der Waals surface area contributed by atoms with E-state index >= 15 is 0 Å². The molecule has 4 nitrogen and oxygen atoms in total. The van der Waals surface area contributed by atoms with Gasteiger partial charge in [0.2, 0.25) is 0 Å². The van der Waals surface area contributed by atoms with Gasteiger partial charge < -0.3 is 11.1 Å². The quantitative estimate of drug-likeness (QED) is 0.560. The van der Waals surface area contributed by atoms with Crippen LogP contribution in [0.3, 0.4) is 0 Å². The van der Waals surface area contributed by atoms with Gasteiger partial charge in [-0.05, 0) is 25.0 Å². The molecule has 0 aromatic carbocycles. The molecule has 80 valence electrons. The minimum atomic E-state index is 0.563. The Labute approximate surface area is 89.6 Å². The first kappa shape index (κ1) is 9.96. The van der Waals surface area contributed by atoms with E-state index in [0.717, 1.165) is 12.1 Å². The van der Waals surface area contributed by atoms with Gasteiger partial charge in [-0.3, -0.25) is 9.98 Å². The Bertz CT molecular complexity index is 330. The highest BCUT2D eigenvalue weighted by Crippen LogP contribution is 2.17. The third kappa shape index (κ3) is 3.58. The third-order valence-corrected chi connectivity index (χ3v) is 2.31. The van der Waals surface area contributed by atoms with E-state index in [4.69, 9.17) is 5.73 Å². The minimum absolute atomic E-state index is 0.563. The first-order valence-corrected chi connectivity index (χ1v) is 5.31. The van der Waals surface area contributed by atoms with E-state index in [1.165, 1.54) is 12.8 Å². The van der Waals surface area contributed by atoms with Crippen molar-refractivity contribution >= 4 is 5.96 Å². The molecule has 0 saturated heterocycles. The van der Waals surface area contributed by atoms with Gasteiger partial charge in [0, 0.05) is 30.9 Å². The Balaban J connectivity index is 1.73. The fraction of sp³-hybridized carbons (Fsp3) is 0.455. The van der Waals surface area contributed by atoms with Crippen LogP contribution in [0, 0.1) is 0 Å². The second-order valence-electron chi connectivity index (χ2n) is 3.76. The van der Waals surface area contributed by atoms with Gasteiger partial charge in [0.25, 0.3) is 0 Å². The van der Waals surface area contributed by atoms with Gasteiger partial charge >= 0.3 is 0 Å². The van der Waals surface area contributed by atoms with E-state index < -0.39 is 0 Å². The topological polar surface area (TPSA) is 63.3 Å². The van der Waals surface area contributed by atoms with Crippen LogP contribution in [-0.2, 0) is 6.42 Å². The molecule has 1 aromatic rings. The summed E-state index contributed by atoms with van der Waals surface area (Å²) >= 11 is 0. The SMILES string of the molecule is NC(=NCCc1ccccn1)NC1CC1. The largest absolute Gasteiger partial charge is 0.370 e. The van der Waals surface area contributed by atoms with Gasteiger partial charge in [0.1, 0.15) is 0 Å². The van der Waals surface area contributed by atoms with E-state index in [9.17, 15) is 0 Å². The van der Waals surface area contributed by atoms with Crippen molar-refractivity contribution in [2.75, 3.05) is 6.54 Å². The molecule has 3 N–H and O–H groups in total. The molecule has 0 amide bonds. The maximum Gasteiger partial charge on any atom is 0.188 e. The summed E-state index contributed by atoms with van der Waals surface area (Å²) in [5.41, 5.74) is 6.75. The molecule has 1 aromatic heterocycles. The Hall–Kier alpha value is -1.58. The number of hydrogen-bond donors (Lipinski definition) is 2. The number of rotatable bonds is 4. The highest BCUT2D eigenvalue weighted by Gasteiger charge is 2.21. The molecule has 0 aliphatic heterocycles. The van der Waals surface area contributed by atoms with Crippen LogP contribution >= 0.6 is 0 Å². The molecule has 1 aliphatic carbocycles. The number of guanidine groups is 1. The van der Waals surface area contributed by atoms with Gasteiger partial charge in [-0.25, -0.2) is 0 Å². The number of nitrogens with one attached hydrogen (secondary N) is 1. The van der Waals surface area contributed by atoms with Crippen molar-refractivity contribution in [3.63, 3.8) is 0 Å². The molecule has 4 heteroatoms. The van der Waals surface area contributed by atoms with Crippen LogP contribution in [0.1, 0.15) is 18.5 Å². The molecule has 0 spiro atoms. The van der Waals surface area contributed by atoms with Gasteiger partial charge in [0.05, 0.1) is 0 Å². The highest BCUT2D eigenvalue weighted by atomic mass is 15.1. The minimum Gasteiger partial charge on any atom is -0.370 e. The summed E-state index contributed by atoms with van der Waals surface area (Å²) < 4.78 is 0. The summed E-state index contributed by atoms with van der Waals surface area (Å²) in [6.07, 6.45) is 5.08. The average Bonchev–Trinajstić information content (AvgIpc) is 3.03. The van der Waals surface area contributed by atoms with Crippen LogP contribution < -0.4 is 11.1 Å². The molecule has 1 fully saturated rings. The molecule has 1 heterocycles. The molecule has 0 bridgehead atoms. The lowest BCUT2D eigenvalue weighted by Crippen LogP contribution is -2.33. The van der Waals surface area contributed by atoms with Crippen LogP contribution in [0.4, 0.5) is 0 Å². The van der Waals surface area contributed by atoms with Crippen molar-refractivity contribution in [1.82, 2.24) is 10.3 Å². The van der Waals surface area contributed by atoms with E-state index in [0.29, 0.717) is 18.5 Å². The zero-order valence-electron chi connectivity index (χ0n) is 8.69. The molecule has 2 rings (SSSR count). The first-order valence-electron chi connectivity index (χ1n) is 5.31. The number of pyridine rings is 1. The molecular formula is C11H16N4. The average molecular weight is 204 g/mol. The lowest BCUT2D eigenvalue weighted by Gasteiger charge is -2.02. The summed E-state index contributed by atoms with van der Waals surface area (Å²) in [7, 11) is 0. The Morgan fingerprint density at radius 1 is 1.53 bits per heavy atom. The predicted molar refractivity (Wildman–Crippen MR) is 60.6 cm³/mol. The summed E-state index contributed by atoms with van der Waals surface area (Å²) in [5, 5.41) is 3.15. The summed E-state index contributed by atoms with van der Waals surface area (Å²) in [6, 6.07) is 6.47. The Morgan fingerprint density at radius 2 is 2.40 bits per heavy atom. The molecule has 0 unspecified atom stereocenters. The number of nitrogens with two attached hydrogens (primary N) is 1. The van der Waals surface area contributed by atoms with E-state index in [-0.39, 0.29) is 0 Å². The second kappa shape index (κ2) is 4.77. The fourth-order valence-electron chi connectivity index (χ4n) is 1.32. The third-order valence-electron chi connectivity index (χ3n) is 2.31. The molecule has 1 aliphatic rings. The molecule has 0 radical (unpaired) electrons. The van der Waals surface area contributed by atoms with Crippen molar-refractivity contribution in [2.45, 2.75) is 25.3 Å². The lowest BCUT2D eigenvalue weighted by atomic mass is 10.3. The zero-order chi connectivity index (χ0) is 10.5. The monoisotopic (exact) mass is 204 g/mol. The van der Waals surface area contributed by atoms with Gasteiger partial charge in [-0.15, -0.1) is 0 Å². The second-order valence-corrected chi connectivity index (χ2v) is 3.76. The summed E-state index contributed by atoms with van der Waals surface area (Å²) in [6.45, 7) is 0.697. The van der Waals surface area contributed by atoms with Gasteiger partial charge in [-0.2, -0.15) is 0 Å². The predicted octanol–water partition coefficient (Wildman–Crippen LogP) is 0.691. The van der Waals surface area contributed by atoms with Crippen molar-refractivity contribution in [2.24, 2.45) is 10.7 Å². The van der Waals surface area contributed by atoms with Gasteiger partial charge in [0.15, 0.2) is 5.96 Å². The summed E-state index contributed by atoms with van der Waals surface area (Å²) in [5.74, 6) is 0.563. The van der Waals surface area contributed by atoms with Crippen molar-refractivity contribution in [3.05, 3.63) is 30.1 Å². The van der Waals surface area contributed by atoms with E-state index in [2.05, 4.69) is 15.3 Å². The maximum absolute atomic E-state index is 5.70. The number of aromatic nitrogens is 1. The smallest absolute Gasteiger partial charge is 0.188 e. The zero-order valence-corrected chi connectivity index (χ0v) is 8.69. The Morgan fingerprint density at radius 3 is 3.07 bits per heavy atom. The fourth-order valence-corrected chi connectivity index (χ4v) is 1.32. The number of nitrogens with zero attached hydrogens (tertiary/aromatic N) is 2. The molecule has 1 saturated carbocycles. The summed E-state index contributed by atoms with van der Waals surface area (Å²) in [4.78, 5) is 8.46. The highest BCUT2D eigenvalue weighted by molar-refractivity contribution is 5.78. The Kier molecular flexibility index (Phi) is 3.17. The van der Waals surface area contributed by atoms with Crippen LogP contribution in [-0.4, -0.2) is 23.5 Å². The van der Waals surface area contributed by atoms with Crippen LogP contribution in [0.5, 0.6) is 0 Å². The van der Waals surface area contributed by atoms with Crippen molar-refractivity contribution < 1.29 is 0 Å². The maximum atomic E-state index is 5.70. The first-order chi connectivity index (χ1) is 7.34. The van der Waals surface area contributed by atoms with E-state index in [1.807, 2.05) is 18.2 Å². The molecule has 0 atom stereocenters. The van der Waals surface area contributed by atoms with Crippen molar-refractivity contribution in [3.8, 4) is 0 Å². The van der Waals surface area contributed by atoms with Crippen LogP contribution in [0.15, 0.2) is 29.4 Å². The van der Waals surface area contributed by atoms with Crippen LogP contribution in [0.25, 0.3) is 0 Å². The lowest BCUT2D eigenvalue weighted by molar-refractivity contribution is 0.861. The molecular weight excluding hydrogens is 188 g/mol. The normalized spacial score (nSPS) is 16.4. The number of aliphatic imine (C=N–C) groups is 1. The van der Waals surface area contributed by atoms with Gasteiger partial charge in [-0.1, -0.05) is 6.07 Å². The number of hydrogen-bond acceptors (Lipinski definition) is 2. The molecule has 15 heavy (non-hydrogen) atoms.